The largest absolute Gasteiger partial charge is 0.456 e. The van der Waals surface area contributed by atoms with Crippen LogP contribution in [0.2, 0.25) is 0 Å². The second-order valence-electron chi connectivity index (χ2n) is 5.78. The third kappa shape index (κ3) is 4.96. The van der Waals surface area contributed by atoms with Gasteiger partial charge in [0.1, 0.15) is 5.76 Å². The van der Waals surface area contributed by atoms with Gasteiger partial charge in [-0.15, -0.1) is 0 Å². The Hall–Kier alpha value is -1.66. The minimum Gasteiger partial charge on any atom is -0.456 e. The van der Waals surface area contributed by atoms with E-state index in [0.29, 0.717) is 18.2 Å². The van der Waals surface area contributed by atoms with E-state index in [1.807, 2.05) is 0 Å². The van der Waals surface area contributed by atoms with Gasteiger partial charge in [-0.05, 0) is 32.2 Å². The number of likely N-dealkylation sites (tertiary alicyclic amines) is 1. The Balaban J connectivity index is 1.84. The smallest absolute Gasteiger partial charge is 0.287 e. The van der Waals surface area contributed by atoms with E-state index < -0.39 is 0 Å². The first-order chi connectivity index (χ1) is 10.6. The van der Waals surface area contributed by atoms with Crippen molar-refractivity contribution >= 4 is 5.91 Å². The van der Waals surface area contributed by atoms with E-state index in [2.05, 4.69) is 10.2 Å². The molecule has 1 aromatic heterocycles. The van der Waals surface area contributed by atoms with Gasteiger partial charge in [-0.2, -0.15) is 0 Å². The zero-order valence-electron chi connectivity index (χ0n) is 13.3. The average molecular weight is 308 g/mol. The Morgan fingerprint density at radius 2 is 2.32 bits per heavy atom. The molecule has 2 rings (SSSR count). The summed E-state index contributed by atoms with van der Waals surface area (Å²) in [6.45, 7) is 5.95. The van der Waals surface area contributed by atoms with Crippen LogP contribution in [0, 0.1) is 12.8 Å². The Bertz CT molecular complexity index is 555. The maximum atomic E-state index is 12.1. The molecule has 1 aliphatic rings. The number of amides is 1. The van der Waals surface area contributed by atoms with Gasteiger partial charge in [0.25, 0.3) is 5.91 Å². The molecular formula is C16H24N2O4. The maximum Gasteiger partial charge on any atom is 0.287 e. The lowest BCUT2D eigenvalue weighted by Crippen LogP contribution is -2.42. The fourth-order valence-electron chi connectivity index (χ4n) is 2.78. The van der Waals surface area contributed by atoms with Gasteiger partial charge in [0.05, 0.1) is 6.61 Å². The lowest BCUT2D eigenvalue weighted by molar-refractivity contribution is 0.0884. The molecule has 6 nitrogen and oxygen atoms in total. The predicted molar refractivity (Wildman–Crippen MR) is 83.1 cm³/mol. The Morgan fingerprint density at radius 3 is 3.05 bits per heavy atom. The summed E-state index contributed by atoms with van der Waals surface area (Å²) in [6, 6.07) is 2.60. The first kappa shape index (κ1) is 16.7. The van der Waals surface area contributed by atoms with Crippen molar-refractivity contribution in [1.82, 2.24) is 10.2 Å². The van der Waals surface area contributed by atoms with E-state index in [1.165, 1.54) is 12.1 Å². The van der Waals surface area contributed by atoms with Crippen molar-refractivity contribution in [3.63, 3.8) is 0 Å². The van der Waals surface area contributed by atoms with Crippen molar-refractivity contribution in [2.45, 2.75) is 19.8 Å². The lowest BCUT2D eigenvalue weighted by atomic mass is 9.98. The van der Waals surface area contributed by atoms with Crippen molar-refractivity contribution in [3.8, 4) is 0 Å². The second kappa shape index (κ2) is 8.10. The molecule has 122 valence electrons. The molecule has 1 aromatic rings. The number of hydrogen-bond acceptors (Lipinski definition) is 5. The van der Waals surface area contributed by atoms with E-state index in [0.717, 1.165) is 39.1 Å². The Kier molecular flexibility index (Phi) is 6.15. The molecule has 1 N–H and O–H groups in total. The maximum absolute atomic E-state index is 12.1. The van der Waals surface area contributed by atoms with Crippen molar-refractivity contribution in [1.29, 1.82) is 0 Å². The molecule has 1 aliphatic heterocycles. The summed E-state index contributed by atoms with van der Waals surface area (Å²) in [7, 11) is 1.71. The lowest BCUT2D eigenvalue weighted by Gasteiger charge is -2.32. The molecule has 0 aromatic carbocycles. The molecule has 1 atom stereocenters. The SMILES string of the molecule is COCCN1CCC[C@H](CNC(=O)c2cc(=O)cc(C)o2)C1. The van der Waals surface area contributed by atoms with E-state index in [4.69, 9.17) is 9.15 Å². The van der Waals surface area contributed by atoms with Gasteiger partial charge in [-0.25, -0.2) is 0 Å². The zero-order valence-corrected chi connectivity index (χ0v) is 13.3. The van der Waals surface area contributed by atoms with Crippen LogP contribution in [0.25, 0.3) is 0 Å². The third-order valence-electron chi connectivity index (χ3n) is 3.88. The van der Waals surface area contributed by atoms with Crippen LogP contribution in [-0.4, -0.2) is 50.7 Å². The summed E-state index contributed by atoms with van der Waals surface area (Å²) >= 11 is 0. The van der Waals surface area contributed by atoms with Crippen LogP contribution in [0.15, 0.2) is 21.3 Å². The second-order valence-corrected chi connectivity index (χ2v) is 5.78. The topological polar surface area (TPSA) is 71.8 Å². The van der Waals surface area contributed by atoms with E-state index in [1.54, 1.807) is 14.0 Å². The van der Waals surface area contributed by atoms with Crippen LogP contribution in [0.1, 0.15) is 29.2 Å². The molecule has 0 bridgehead atoms. The van der Waals surface area contributed by atoms with Crippen molar-refractivity contribution in [2.24, 2.45) is 5.92 Å². The highest BCUT2D eigenvalue weighted by Gasteiger charge is 2.20. The van der Waals surface area contributed by atoms with Crippen LogP contribution in [0.3, 0.4) is 0 Å². The number of ether oxygens (including phenoxy) is 1. The van der Waals surface area contributed by atoms with Gasteiger partial charge in [0, 0.05) is 38.9 Å². The first-order valence-electron chi connectivity index (χ1n) is 7.70. The normalized spacial score (nSPS) is 19.1. The molecule has 1 saturated heterocycles. The summed E-state index contributed by atoms with van der Waals surface area (Å²) in [6.07, 6.45) is 2.23. The van der Waals surface area contributed by atoms with Crippen molar-refractivity contribution in [2.75, 3.05) is 39.9 Å². The van der Waals surface area contributed by atoms with Gasteiger partial charge in [0.2, 0.25) is 0 Å². The molecule has 0 saturated carbocycles. The number of nitrogens with one attached hydrogen (secondary N) is 1. The predicted octanol–water partition coefficient (Wildman–Crippen LogP) is 1.04. The summed E-state index contributed by atoms with van der Waals surface area (Å²) in [5.74, 6) is 0.624. The number of nitrogens with zero attached hydrogens (tertiary/aromatic N) is 1. The van der Waals surface area contributed by atoms with E-state index >= 15 is 0 Å². The highest BCUT2D eigenvalue weighted by molar-refractivity contribution is 5.91. The molecule has 6 heteroatoms. The summed E-state index contributed by atoms with van der Waals surface area (Å²) in [4.78, 5) is 25.8. The Labute approximate surface area is 130 Å². The minimum absolute atomic E-state index is 0.0806. The monoisotopic (exact) mass is 308 g/mol. The van der Waals surface area contributed by atoms with Crippen LogP contribution in [0.4, 0.5) is 0 Å². The summed E-state index contributed by atoms with van der Waals surface area (Å²) < 4.78 is 10.4. The minimum atomic E-state index is -0.324. The summed E-state index contributed by atoms with van der Waals surface area (Å²) in [5.41, 5.74) is -0.211. The zero-order chi connectivity index (χ0) is 15.9. The number of hydrogen-bond donors (Lipinski definition) is 1. The molecule has 1 fully saturated rings. The molecule has 0 spiro atoms. The van der Waals surface area contributed by atoms with Crippen LogP contribution >= 0.6 is 0 Å². The standard InChI is InChI=1S/C16H24N2O4/c1-12-8-14(19)9-15(22-12)16(20)17-10-13-4-3-5-18(11-13)6-7-21-2/h8-9,13H,3-7,10-11H2,1-2H3,(H,17,20)/t13-/m1/s1. The fourth-order valence-corrected chi connectivity index (χ4v) is 2.78. The van der Waals surface area contributed by atoms with Gasteiger partial charge < -0.3 is 19.4 Å². The number of carbonyl (C=O) groups excluding carboxylic acids is 1. The molecule has 2 heterocycles. The molecular weight excluding hydrogens is 284 g/mol. The van der Waals surface area contributed by atoms with Crippen LogP contribution in [0.5, 0.6) is 0 Å². The number of piperidine rings is 1. The first-order valence-corrected chi connectivity index (χ1v) is 7.70. The van der Waals surface area contributed by atoms with Crippen LogP contribution in [-0.2, 0) is 4.74 Å². The Morgan fingerprint density at radius 1 is 1.50 bits per heavy atom. The quantitative estimate of drug-likeness (QED) is 0.850. The average Bonchev–Trinajstić information content (AvgIpc) is 2.50. The molecule has 1 amide bonds. The molecule has 22 heavy (non-hydrogen) atoms. The number of rotatable bonds is 6. The fraction of sp³-hybridized carbons (Fsp3) is 0.625. The van der Waals surface area contributed by atoms with E-state index in [9.17, 15) is 9.59 Å². The number of carbonyl (C=O) groups is 1. The highest BCUT2D eigenvalue weighted by atomic mass is 16.5. The van der Waals surface area contributed by atoms with Gasteiger partial charge in [-0.3, -0.25) is 9.59 Å². The van der Waals surface area contributed by atoms with E-state index in [-0.39, 0.29) is 17.1 Å². The van der Waals surface area contributed by atoms with Gasteiger partial charge in [-0.1, -0.05) is 0 Å². The highest BCUT2D eigenvalue weighted by Crippen LogP contribution is 2.15. The number of aryl methyl sites for hydroxylation is 1. The van der Waals surface area contributed by atoms with Gasteiger partial charge >= 0.3 is 0 Å². The number of methoxy groups -OCH3 is 1. The van der Waals surface area contributed by atoms with Crippen molar-refractivity contribution < 1.29 is 13.9 Å². The van der Waals surface area contributed by atoms with Gasteiger partial charge in [0.15, 0.2) is 11.2 Å². The summed E-state index contributed by atoms with van der Waals surface area (Å²) in [5, 5.41) is 2.87. The third-order valence-corrected chi connectivity index (χ3v) is 3.88. The van der Waals surface area contributed by atoms with Crippen molar-refractivity contribution in [3.05, 3.63) is 33.9 Å². The molecule has 0 radical (unpaired) electrons. The molecule has 0 unspecified atom stereocenters. The van der Waals surface area contributed by atoms with Crippen LogP contribution < -0.4 is 10.7 Å². The molecule has 0 aliphatic carbocycles.